The Morgan fingerprint density at radius 1 is 1.39 bits per heavy atom. The number of aromatic nitrogens is 2. The molecule has 2 rings (SSSR count). The van der Waals surface area contributed by atoms with Gasteiger partial charge >= 0.3 is 6.09 Å². The molecule has 0 radical (unpaired) electrons. The van der Waals surface area contributed by atoms with Crippen LogP contribution in [0.4, 0.5) is 4.79 Å². The minimum Gasteiger partial charge on any atom is -0.504 e. The number of aryl methyl sites for hydroxylation is 1. The van der Waals surface area contributed by atoms with Crippen molar-refractivity contribution in [3.05, 3.63) is 11.4 Å². The Morgan fingerprint density at radius 3 is 2.67 bits per heavy atom. The maximum absolute atomic E-state index is 11.9. The van der Waals surface area contributed by atoms with Crippen molar-refractivity contribution in [3.8, 4) is 5.75 Å². The summed E-state index contributed by atoms with van der Waals surface area (Å²) in [5.74, 6) is 0.170. The van der Waals surface area contributed by atoms with E-state index in [1.165, 1.54) is 0 Å². The molecule has 1 aliphatic heterocycles. The van der Waals surface area contributed by atoms with Gasteiger partial charge in [0.25, 0.3) is 0 Å². The van der Waals surface area contributed by atoms with Gasteiger partial charge in [-0.05, 0) is 27.7 Å². The SMILES string of the molecule is Cc1nn2c(c1O)CN(C(=O)OC(C)(C)C)CC2. The van der Waals surface area contributed by atoms with Crippen LogP contribution in [0.15, 0.2) is 0 Å². The fraction of sp³-hybridized carbons (Fsp3) is 0.667. The molecule has 6 nitrogen and oxygen atoms in total. The molecule has 100 valence electrons. The maximum Gasteiger partial charge on any atom is 0.410 e. The fourth-order valence-corrected chi connectivity index (χ4v) is 1.92. The summed E-state index contributed by atoms with van der Waals surface area (Å²) in [7, 11) is 0. The van der Waals surface area contributed by atoms with Crippen LogP contribution in [0.25, 0.3) is 0 Å². The highest BCUT2D eigenvalue weighted by atomic mass is 16.6. The van der Waals surface area contributed by atoms with E-state index in [9.17, 15) is 9.90 Å². The molecule has 18 heavy (non-hydrogen) atoms. The number of hydrogen-bond donors (Lipinski definition) is 1. The van der Waals surface area contributed by atoms with Gasteiger partial charge in [-0.15, -0.1) is 0 Å². The monoisotopic (exact) mass is 253 g/mol. The van der Waals surface area contributed by atoms with Gasteiger partial charge in [0.05, 0.1) is 13.1 Å². The molecular formula is C12H19N3O3. The van der Waals surface area contributed by atoms with Crippen LogP contribution in [-0.2, 0) is 17.8 Å². The van der Waals surface area contributed by atoms with E-state index in [0.29, 0.717) is 31.0 Å². The average molecular weight is 253 g/mol. The first-order valence-corrected chi connectivity index (χ1v) is 6.01. The first-order valence-electron chi connectivity index (χ1n) is 6.01. The fourth-order valence-electron chi connectivity index (χ4n) is 1.92. The molecule has 0 unspecified atom stereocenters. The third-order valence-corrected chi connectivity index (χ3v) is 2.77. The molecule has 0 fully saturated rings. The van der Waals surface area contributed by atoms with Crippen LogP contribution in [0.2, 0.25) is 0 Å². The Kier molecular flexibility index (Phi) is 2.96. The highest BCUT2D eigenvalue weighted by Gasteiger charge is 2.28. The second-order valence-electron chi connectivity index (χ2n) is 5.51. The van der Waals surface area contributed by atoms with E-state index < -0.39 is 5.60 Å². The summed E-state index contributed by atoms with van der Waals surface area (Å²) >= 11 is 0. The van der Waals surface area contributed by atoms with Crippen molar-refractivity contribution in [2.75, 3.05) is 6.54 Å². The molecule has 0 atom stereocenters. The highest BCUT2D eigenvalue weighted by Crippen LogP contribution is 2.26. The van der Waals surface area contributed by atoms with Crippen LogP contribution >= 0.6 is 0 Å². The van der Waals surface area contributed by atoms with Crippen LogP contribution < -0.4 is 0 Å². The van der Waals surface area contributed by atoms with Crippen molar-refractivity contribution in [1.82, 2.24) is 14.7 Å². The quantitative estimate of drug-likeness (QED) is 0.763. The molecular weight excluding hydrogens is 234 g/mol. The van der Waals surface area contributed by atoms with Crippen molar-refractivity contribution in [2.45, 2.75) is 46.4 Å². The van der Waals surface area contributed by atoms with E-state index >= 15 is 0 Å². The van der Waals surface area contributed by atoms with Crippen molar-refractivity contribution >= 4 is 6.09 Å². The number of rotatable bonds is 0. The Labute approximate surface area is 106 Å². The number of carbonyl (C=O) groups is 1. The van der Waals surface area contributed by atoms with Crippen LogP contribution in [-0.4, -0.2) is 38.0 Å². The molecule has 2 heterocycles. The Morgan fingerprint density at radius 2 is 2.06 bits per heavy atom. The lowest BCUT2D eigenvalue weighted by atomic mass is 10.2. The lowest BCUT2D eigenvalue weighted by Gasteiger charge is -2.30. The number of nitrogens with zero attached hydrogens (tertiary/aromatic N) is 3. The molecule has 1 amide bonds. The minimum absolute atomic E-state index is 0.170. The summed E-state index contributed by atoms with van der Waals surface area (Å²) in [4.78, 5) is 13.5. The molecule has 0 bridgehead atoms. The molecule has 1 aromatic rings. The third kappa shape index (κ3) is 2.42. The van der Waals surface area contributed by atoms with E-state index in [0.717, 1.165) is 0 Å². The zero-order valence-corrected chi connectivity index (χ0v) is 11.2. The second kappa shape index (κ2) is 4.19. The zero-order chi connectivity index (χ0) is 13.5. The van der Waals surface area contributed by atoms with Gasteiger partial charge in [0, 0.05) is 6.54 Å². The van der Waals surface area contributed by atoms with Crippen LogP contribution in [0.5, 0.6) is 5.75 Å². The summed E-state index contributed by atoms with van der Waals surface area (Å²) < 4.78 is 7.06. The number of hydrogen-bond acceptors (Lipinski definition) is 4. The number of amides is 1. The molecule has 0 saturated heterocycles. The number of carbonyl (C=O) groups excluding carboxylic acids is 1. The molecule has 0 aromatic carbocycles. The Hall–Kier alpha value is -1.72. The standard InChI is InChI=1S/C12H19N3O3/c1-8-10(16)9-7-14(5-6-15(9)13-8)11(17)18-12(2,3)4/h16H,5-7H2,1-4H3. The highest BCUT2D eigenvalue weighted by molar-refractivity contribution is 5.68. The van der Waals surface area contributed by atoms with Crippen molar-refractivity contribution in [2.24, 2.45) is 0 Å². The summed E-state index contributed by atoms with van der Waals surface area (Å²) in [5, 5.41) is 14.1. The van der Waals surface area contributed by atoms with Gasteiger partial charge in [0.1, 0.15) is 17.0 Å². The van der Waals surface area contributed by atoms with Crippen LogP contribution in [0.3, 0.4) is 0 Å². The van der Waals surface area contributed by atoms with Gasteiger partial charge in [0.15, 0.2) is 5.75 Å². The lowest BCUT2D eigenvalue weighted by molar-refractivity contribution is 0.0193. The molecule has 0 saturated carbocycles. The summed E-state index contributed by atoms with van der Waals surface area (Å²) in [5.41, 5.74) is 0.757. The number of fused-ring (bicyclic) bond motifs is 1. The molecule has 0 aliphatic carbocycles. The third-order valence-electron chi connectivity index (χ3n) is 2.77. The summed E-state index contributed by atoms with van der Waals surface area (Å²) in [6.07, 6.45) is -0.355. The van der Waals surface area contributed by atoms with E-state index in [2.05, 4.69) is 5.10 Å². The first kappa shape index (κ1) is 12.7. The predicted octanol–water partition coefficient (Wildman–Crippen LogP) is 1.65. The van der Waals surface area contributed by atoms with Crippen molar-refractivity contribution < 1.29 is 14.6 Å². The van der Waals surface area contributed by atoms with Gasteiger partial charge in [-0.25, -0.2) is 4.79 Å². The van der Waals surface area contributed by atoms with E-state index in [-0.39, 0.29) is 11.8 Å². The zero-order valence-electron chi connectivity index (χ0n) is 11.2. The molecule has 1 aliphatic rings. The molecule has 6 heteroatoms. The van der Waals surface area contributed by atoms with E-state index in [1.807, 2.05) is 20.8 Å². The molecule has 1 aromatic heterocycles. The van der Waals surface area contributed by atoms with Crippen LogP contribution in [0.1, 0.15) is 32.2 Å². The average Bonchev–Trinajstić information content (AvgIpc) is 2.52. The number of aromatic hydroxyl groups is 1. The summed E-state index contributed by atoms with van der Waals surface area (Å²) in [6.45, 7) is 8.71. The van der Waals surface area contributed by atoms with Gasteiger partial charge in [-0.2, -0.15) is 5.10 Å². The number of ether oxygens (including phenoxy) is 1. The van der Waals surface area contributed by atoms with Crippen LogP contribution in [0, 0.1) is 6.92 Å². The normalized spacial score (nSPS) is 15.4. The van der Waals surface area contributed by atoms with E-state index in [1.54, 1.807) is 16.5 Å². The predicted molar refractivity (Wildman–Crippen MR) is 65.3 cm³/mol. The van der Waals surface area contributed by atoms with Crippen molar-refractivity contribution in [1.29, 1.82) is 0 Å². The van der Waals surface area contributed by atoms with Gasteiger partial charge in [-0.1, -0.05) is 0 Å². The smallest absolute Gasteiger partial charge is 0.410 e. The topological polar surface area (TPSA) is 67.6 Å². The maximum atomic E-state index is 11.9. The Balaban J connectivity index is 2.12. The first-order chi connectivity index (χ1) is 8.28. The van der Waals surface area contributed by atoms with E-state index in [4.69, 9.17) is 4.74 Å². The van der Waals surface area contributed by atoms with Gasteiger partial charge < -0.3 is 14.7 Å². The van der Waals surface area contributed by atoms with Gasteiger partial charge in [-0.3, -0.25) is 4.68 Å². The largest absolute Gasteiger partial charge is 0.504 e. The Bertz CT molecular complexity index is 474. The lowest BCUT2D eigenvalue weighted by Crippen LogP contribution is -2.41. The second-order valence-corrected chi connectivity index (χ2v) is 5.51. The molecule has 1 N–H and O–H groups in total. The summed E-state index contributed by atoms with van der Waals surface area (Å²) in [6, 6.07) is 0. The van der Waals surface area contributed by atoms with Gasteiger partial charge in [0.2, 0.25) is 0 Å². The molecule has 0 spiro atoms. The minimum atomic E-state index is -0.507. The van der Waals surface area contributed by atoms with Crippen molar-refractivity contribution in [3.63, 3.8) is 0 Å².